The van der Waals surface area contributed by atoms with Crippen molar-refractivity contribution in [3.05, 3.63) is 145 Å². The van der Waals surface area contributed by atoms with E-state index >= 15 is 0 Å². The molecule has 6 aromatic carbocycles. The Morgan fingerprint density at radius 2 is 0.978 bits per heavy atom. The molecule has 212 valence electrons. The molecule has 4 heterocycles. The molecule has 0 bridgehead atoms. The molecule has 6 heteroatoms. The topological polar surface area (TPSA) is 41.7 Å². The fraction of sp³-hybridized carbons (Fsp3) is 0.0256. The van der Waals surface area contributed by atoms with Crippen LogP contribution in [0.2, 0.25) is 0 Å². The molecule has 10 rings (SSSR count). The van der Waals surface area contributed by atoms with Crippen LogP contribution in [0.15, 0.2) is 143 Å². The molecule has 0 fully saturated rings. The van der Waals surface area contributed by atoms with E-state index in [0.717, 1.165) is 33.8 Å². The first-order valence-electron chi connectivity index (χ1n) is 15.0. The molecule has 3 aromatic heterocycles. The van der Waals surface area contributed by atoms with E-state index < -0.39 is 6.29 Å². The van der Waals surface area contributed by atoms with Gasteiger partial charge in [-0.15, -0.1) is 22.7 Å². The van der Waals surface area contributed by atoms with Gasteiger partial charge in [-0.1, -0.05) is 97.1 Å². The average molecular weight is 613 g/mol. The summed E-state index contributed by atoms with van der Waals surface area (Å²) in [7, 11) is 0. The summed E-state index contributed by atoms with van der Waals surface area (Å²) in [5, 5.41) is 11.3. The van der Waals surface area contributed by atoms with E-state index in [1.165, 1.54) is 51.1 Å². The summed E-state index contributed by atoms with van der Waals surface area (Å²) >= 11 is 3.75. The number of nitrogens with zero attached hydrogens (tertiary/aromatic N) is 3. The highest BCUT2D eigenvalue weighted by molar-refractivity contribution is 7.27. The third kappa shape index (κ3) is 3.83. The van der Waals surface area contributed by atoms with E-state index in [0.29, 0.717) is 0 Å². The lowest BCUT2D eigenvalue weighted by atomic mass is 10.1. The molecule has 0 atom stereocenters. The van der Waals surface area contributed by atoms with Crippen LogP contribution in [0.5, 0.6) is 0 Å². The molecule has 0 unspecified atom stereocenters. The normalized spacial score (nSPS) is 14.1. The van der Waals surface area contributed by atoms with Crippen molar-refractivity contribution in [2.75, 3.05) is 0 Å². The summed E-state index contributed by atoms with van der Waals surface area (Å²) in [6.45, 7) is 0. The third-order valence-corrected chi connectivity index (χ3v) is 11.1. The van der Waals surface area contributed by atoms with Gasteiger partial charge in [0.25, 0.3) is 0 Å². The number of hydrogen-bond donors (Lipinski definition) is 1. The third-order valence-electron chi connectivity index (χ3n) is 8.85. The van der Waals surface area contributed by atoms with Crippen LogP contribution in [-0.2, 0) is 0 Å². The largest absolute Gasteiger partial charge is 0.324 e. The molecule has 0 saturated carbocycles. The highest BCUT2D eigenvalue weighted by Crippen LogP contribution is 2.44. The van der Waals surface area contributed by atoms with Gasteiger partial charge in [0.15, 0.2) is 0 Å². The Hall–Kier alpha value is -5.30. The van der Waals surface area contributed by atoms with Crippen molar-refractivity contribution in [2.24, 2.45) is 9.98 Å². The van der Waals surface area contributed by atoms with Crippen LogP contribution < -0.4 is 5.32 Å². The molecule has 1 aliphatic rings. The number of hydrogen-bond acceptors (Lipinski definition) is 5. The van der Waals surface area contributed by atoms with Crippen molar-refractivity contribution >= 4 is 96.5 Å². The zero-order chi connectivity index (χ0) is 29.5. The number of nitrogens with one attached hydrogen (secondary N) is 1. The minimum absolute atomic E-state index is 0.470. The number of aliphatic imine (C=N–C) groups is 2. The minimum Gasteiger partial charge on any atom is -0.324 e. The Morgan fingerprint density at radius 3 is 1.69 bits per heavy atom. The van der Waals surface area contributed by atoms with Crippen molar-refractivity contribution in [1.82, 2.24) is 9.88 Å². The summed E-state index contributed by atoms with van der Waals surface area (Å²) in [4.78, 5) is 10.5. The fourth-order valence-electron chi connectivity index (χ4n) is 6.77. The SMILES string of the molecule is c1ccc(C2=NC(n3c4ccccc4c4cc5c(cc43)sc3cc4c(cc35)sc3ccccc34)N=C(c3ccccc3)N2)cc1. The lowest BCUT2D eigenvalue weighted by Gasteiger charge is -2.24. The molecule has 0 spiro atoms. The quantitative estimate of drug-likeness (QED) is 0.212. The Morgan fingerprint density at radius 1 is 0.444 bits per heavy atom. The van der Waals surface area contributed by atoms with Gasteiger partial charge in [-0.05, 0) is 36.4 Å². The van der Waals surface area contributed by atoms with Crippen molar-refractivity contribution in [2.45, 2.75) is 6.29 Å². The summed E-state index contributed by atoms with van der Waals surface area (Å²) in [6.07, 6.45) is -0.470. The molecule has 0 radical (unpaired) electrons. The Labute approximate surface area is 266 Å². The molecule has 0 amide bonds. The van der Waals surface area contributed by atoms with Crippen LogP contribution in [0.3, 0.4) is 0 Å². The van der Waals surface area contributed by atoms with Crippen LogP contribution in [0, 0.1) is 0 Å². The number of para-hydroxylation sites is 1. The maximum absolute atomic E-state index is 5.24. The number of benzene rings is 6. The number of aromatic nitrogens is 1. The first kappa shape index (κ1) is 25.1. The molecule has 1 aliphatic heterocycles. The maximum atomic E-state index is 5.24. The van der Waals surface area contributed by atoms with Gasteiger partial charge in [0, 0.05) is 62.2 Å². The van der Waals surface area contributed by atoms with E-state index in [4.69, 9.17) is 9.98 Å². The minimum atomic E-state index is -0.470. The van der Waals surface area contributed by atoms with Crippen molar-refractivity contribution in [3.8, 4) is 0 Å². The number of rotatable bonds is 3. The molecular weight excluding hydrogens is 589 g/mol. The van der Waals surface area contributed by atoms with Gasteiger partial charge in [-0.2, -0.15) is 0 Å². The molecule has 45 heavy (non-hydrogen) atoms. The Balaban J connectivity index is 1.24. The van der Waals surface area contributed by atoms with Gasteiger partial charge in [0.05, 0.1) is 11.0 Å². The first-order chi connectivity index (χ1) is 22.3. The molecule has 9 aromatic rings. The fourth-order valence-corrected chi connectivity index (χ4v) is 9.04. The van der Waals surface area contributed by atoms with Crippen LogP contribution in [-0.4, -0.2) is 16.2 Å². The molecule has 0 saturated heterocycles. The standard InChI is InChI=1S/C39H24N4S2/c1-3-11-23(12-4-1)37-40-38(24-13-5-2-6-14-24)42-39(41-37)43-31-17-9-7-15-25(31)27-19-28-30-21-34-29(26-16-8-10-18-33(26)44-34)20-35(30)45-36(28)22-32(27)43/h1-22,39H,(H,40,41,42). The second-order valence-electron chi connectivity index (χ2n) is 11.5. The van der Waals surface area contributed by atoms with Crippen molar-refractivity contribution in [3.63, 3.8) is 0 Å². The lowest BCUT2D eigenvalue weighted by molar-refractivity contribution is 0.575. The van der Waals surface area contributed by atoms with Crippen molar-refractivity contribution in [1.29, 1.82) is 0 Å². The smallest absolute Gasteiger partial charge is 0.224 e. The monoisotopic (exact) mass is 612 g/mol. The van der Waals surface area contributed by atoms with Gasteiger partial charge in [-0.25, -0.2) is 9.98 Å². The van der Waals surface area contributed by atoms with Crippen LogP contribution in [0.1, 0.15) is 17.4 Å². The van der Waals surface area contributed by atoms with Gasteiger partial charge in [0.2, 0.25) is 6.29 Å². The average Bonchev–Trinajstić information content (AvgIpc) is 3.75. The maximum Gasteiger partial charge on any atom is 0.224 e. The highest BCUT2D eigenvalue weighted by atomic mass is 32.1. The van der Waals surface area contributed by atoms with Gasteiger partial charge >= 0.3 is 0 Å². The van der Waals surface area contributed by atoms with E-state index in [2.05, 4.69) is 107 Å². The Bertz CT molecular complexity index is 2620. The van der Waals surface area contributed by atoms with E-state index in [-0.39, 0.29) is 0 Å². The summed E-state index contributed by atoms with van der Waals surface area (Å²) in [6, 6.07) is 47.6. The predicted molar refractivity (Wildman–Crippen MR) is 193 cm³/mol. The molecule has 1 N–H and O–H groups in total. The zero-order valence-electron chi connectivity index (χ0n) is 23.9. The number of amidine groups is 2. The van der Waals surface area contributed by atoms with Gasteiger partial charge in [0.1, 0.15) is 11.7 Å². The zero-order valence-corrected chi connectivity index (χ0v) is 25.6. The lowest BCUT2D eigenvalue weighted by Crippen LogP contribution is -2.36. The first-order valence-corrected chi connectivity index (χ1v) is 16.7. The van der Waals surface area contributed by atoms with E-state index in [9.17, 15) is 0 Å². The molecule has 0 aliphatic carbocycles. The van der Waals surface area contributed by atoms with Crippen LogP contribution in [0.25, 0.3) is 62.2 Å². The summed E-state index contributed by atoms with van der Waals surface area (Å²) < 4.78 is 7.59. The van der Waals surface area contributed by atoms with Crippen LogP contribution >= 0.6 is 22.7 Å². The second kappa shape index (κ2) is 9.60. The van der Waals surface area contributed by atoms with Gasteiger partial charge < -0.3 is 5.32 Å². The predicted octanol–water partition coefficient (Wildman–Crippen LogP) is 10.5. The highest BCUT2D eigenvalue weighted by Gasteiger charge is 2.24. The van der Waals surface area contributed by atoms with E-state index in [1.54, 1.807) is 0 Å². The Kier molecular flexibility index (Phi) is 5.35. The summed E-state index contributed by atoms with van der Waals surface area (Å²) in [5.74, 6) is 1.63. The second-order valence-corrected chi connectivity index (χ2v) is 13.6. The number of fused-ring (bicyclic) bond motifs is 9. The molecular formula is C39H24N4S2. The van der Waals surface area contributed by atoms with Crippen molar-refractivity contribution < 1.29 is 0 Å². The van der Waals surface area contributed by atoms with Gasteiger partial charge in [-0.3, -0.25) is 4.57 Å². The van der Waals surface area contributed by atoms with E-state index in [1.807, 2.05) is 59.1 Å². The van der Waals surface area contributed by atoms with Crippen LogP contribution in [0.4, 0.5) is 0 Å². The molecule has 4 nitrogen and oxygen atoms in total. The number of thiophene rings is 2. The summed E-state index contributed by atoms with van der Waals surface area (Å²) in [5.41, 5.74) is 4.33.